The molecule has 1 atom stereocenters. The molecule has 0 saturated heterocycles. The Bertz CT molecular complexity index is 348. The summed E-state index contributed by atoms with van der Waals surface area (Å²) < 4.78 is 2.21. The fourth-order valence-corrected chi connectivity index (χ4v) is 4.39. The van der Waals surface area contributed by atoms with Crippen molar-refractivity contribution in [1.82, 2.24) is 0 Å². The standard InChI is InChI=1S/C27H59N2/c1-8-10-12-14-16-18-20-22-24-28(4,5)26-27(3)29(6,7)25-23-21-19-17-15-13-11-9-2/h27H,3,8-26H2,1-2,4-7H3/q+2. The third-order valence-electron chi connectivity index (χ3n) is 6.90. The first-order valence-corrected chi connectivity index (χ1v) is 13.2. The maximum atomic E-state index is 4.59. The molecule has 0 aliphatic rings. The van der Waals surface area contributed by atoms with Crippen molar-refractivity contribution in [3.05, 3.63) is 6.92 Å². The van der Waals surface area contributed by atoms with Crippen molar-refractivity contribution in [2.75, 3.05) is 47.8 Å². The number of nitrogens with zero attached hydrogens (tertiary/aromatic N) is 2. The van der Waals surface area contributed by atoms with Gasteiger partial charge < -0.3 is 8.97 Å². The molecule has 0 rings (SSSR count). The predicted molar refractivity (Wildman–Crippen MR) is 133 cm³/mol. The molecule has 0 aliphatic carbocycles. The van der Waals surface area contributed by atoms with Crippen molar-refractivity contribution in [3.63, 3.8) is 0 Å². The van der Waals surface area contributed by atoms with Crippen LogP contribution in [0.25, 0.3) is 0 Å². The van der Waals surface area contributed by atoms with E-state index in [2.05, 4.69) is 49.0 Å². The van der Waals surface area contributed by atoms with Crippen LogP contribution in [0, 0.1) is 6.92 Å². The van der Waals surface area contributed by atoms with Crippen LogP contribution in [0.1, 0.15) is 117 Å². The van der Waals surface area contributed by atoms with E-state index in [-0.39, 0.29) is 0 Å². The van der Waals surface area contributed by atoms with Crippen LogP contribution in [-0.4, -0.2) is 62.8 Å². The summed E-state index contributed by atoms with van der Waals surface area (Å²) in [5, 5.41) is 0. The fourth-order valence-electron chi connectivity index (χ4n) is 4.39. The van der Waals surface area contributed by atoms with Crippen molar-refractivity contribution in [1.29, 1.82) is 0 Å². The Kier molecular flexibility index (Phi) is 17.5. The number of rotatable bonds is 21. The van der Waals surface area contributed by atoms with Crippen LogP contribution in [0.5, 0.6) is 0 Å². The van der Waals surface area contributed by atoms with E-state index in [1.807, 2.05) is 0 Å². The molecule has 0 N–H and O–H groups in total. The molecule has 0 spiro atoms. The van der Waals surface area contributed by atoms with Crippen molar-refractivity contribution < 1.29 is 8.97 Å². The van der Waals surface area contributed by atoms with Crippen LogP contribution in [0.4, 0.5) is 0 Å². The molecule has 0 bridgehead atoms. The molecular weight excluding hydrogens is 352 g/mol. The quantitative estimate of drug-likeness (QED) is 0.134. The van der Waals surface area contributed by atoms with Gasteiger partial charge >= 0.3 is 0 Å². The second-order valence-corrected chi connectivity index (χ2v) is 10.9. The molecule has 0 aromatic rings. The Labute approximate surface area is 186 Å². The van der Waals surface area contributed by atoms with Crippen molar-refractivity contribution in [3.8, 4) is 0 Å². The van der Waals surface area contributed by atoms with E-state index in [9.17, 15) is 0 Å². The molecule has 175 valence electrons. The van der Waals surface area contributed by atoms with Crippen molar-refractivity contribution >= 4 is 0 Å². The Balaban J connectivity index is 3.90. The van der Waals surface area contributed by atoms with Gasteiger partial charge in [-0.25, -0.2) is 0 Å². The average molecular weight is 412 g/mol. The zero-order chi connectivity index (χ0) is 22.0. The lowest BCUT2D eigenvalue weighted by atomic mass is 10.1. The lowest BCUT2D eigenvalue weighted by Crippen LogP contribution is -2.57. The van der Waals surface area contributed by atoms with Gasteiger partial charge in [0, 0.05) is 6.92 Å². The second-order valence-electron chi connectivity index (χ2n) is 10.9. The topological polar surface area (TPSA) is 0 Å². The first kappa shape index (κ1) is 28.9. The molecule has 0 fully saturated rings. The van der Waals surface area contributed by atoms with Crippen molar-refractivity contribution in [2.24, 2.45) is 0 Å². The van der Waals surface area contributed by atoms with E-state index < -0.39 is 0 Å². The van der Waals surface area contributed by atoms with Gasteiger partial charge in [-0.1, -0.05) is 90.9 Å². The van der Waals surface area contributed by atoms with Crippen molar-refractivity contribution in [2.45, 2.75) is 123 Å². The lowest BCUT2D eigenvalue weighted by Gasteiger charge is -2.40. The number of hydrogen-bond acceptors (Lipinski definition) is 0. The van der Waals surface area contributed by atoms with E-state index in [0.717, 1.165) is 8.97 Å². The van der Waals surface area contributed by atoms with Crippen LogP contribution in [0.15, 0.2) is 0 Å². The molecule has 0 aromatic heterocycles. The zero-order valence-electron chi connectivity index (χ0n) is 21.6. The largest absolute Gasteiger partial charge is 0.324 e. The molecule has 0 aromatic carbocycles. The van der Waals surface area contributed by atoms with E-state index >= 15 is 0 Å². The minimum Gasteiger partial charge on any atom is -0.324 e. The Morgan fingerprint density at radius 1 is 0.517 bits per heavy atom. The summed E-state index contributed by atoms with van der Waals surface area (Å²) in [7, 11) is 9.62. The van der Waals surface area contributed by atoms with Gasteiger partial charge in [-0.3, -0.25) is 0 Å². The number of hydrogen-bond donors (Lipinski definition) is 0. The normalized spacial score (nSPS) is 13.8. The first-order valence-electron chi connectivity index (χ1n) is 13.2. The molecule has 0 aliphatic heterocycles. The highest BCUT2D eigenvalue weighted by Crippen LogP contribution is 2.16. The number of quaternary nitrogens is 2. The molecule has 2 nitrogen and oxygen atoms in total. The summed E-state index contributed by atoms with van der Waals surface area (Å²) in [4.78, 5) is 0. The summed E-state index contributed by atoms with van der Waals surface area (Å²) >= 11 is 0. The van der Waals surface area contributed by atoms with Gasteiger partial charge in [0.05, 0.1) is 41.3 Å². The summed E-state index contributed by atoms with van der Waals surface area (Å²) in [6.45, 7) is 13.0. The predicted octanol–water partition coefficient (Wildman–Crippen LogP) is 7.62. The van der Waals surface area contributed by atoms with E-state index in [1.54, 1.807) is 0 Å². The zero-order valence-corrected chi connectivity index (χ0v) is 21.6. The van der Waals surface area contributed by atoms with Crippen LogP contribution in [0.3, 0.4) is 0 Å². The van der Waals surface area contributed by atoms with Crippen LogP contribution in [-0.2, 0) is 0 Å². The number of likely N-dealkylation sites (N-methyl/N-ethyl adjacent to an activating group) is 2. The average Bonchev–Trinajstić information content (AvgIpc) is 2.65. The highest BCUT2D eigenvalue weighted by atomic mass is 15.4. The summed E-state index contributed by atoms with van der Waals surface area (Å²) in [5.74, 6) is 0. The van der Waals surface area contributed by atoms with E-state index in [0.29, 0.717) is 6.04 Å². The first-order chi connectivity index (χ1) is 13.7. The molecule has 0 saturated carbocycles. The van der Waals surface area contributed by atoms with Gasteiger partial charge in [0.15, 0.2) is 0 Å². The van der Waals surface area contributed by atoms with Crippen LogP contribution >= 0.6 is 0 Å². The van der Waals surface area contributed by atoms with Crippen LogP contribution < -0.4 is 0 Å². The Morgan fingerprint density at radius 2 is 0.862 bits per heavy atom. The maximum Gasteiger partial charge on any atom is 0.138 e. The summed E-state index contributed by atoms with van der Waals surface area (Å²) in [6, 6.07) is 0.489. The van der Waals surface area contributed by atoms with E-state index in [1.165, 1.54) is 122 Å². The van der Waals surface area contributed by atoms with Gasteiger partial charge in [0.25, 0.3) is 0 Å². The molecule has 1 radical (unpaired) electrons. The highest BCUT2D eigenvalue weighted by Gasteiger charge is 2.30. The third kappa shape index (κ3) is 17.3. The highest BCUT2D eigenvalue weighted by molar-refractivity contribution is 4.61. The molecule has 2 heteroatoms. The lowest BCUT2D eigenvalue weighted by molar-refractivity contribution is -0.960. The minimum absolute atomic E-state index is 0.489. The van der Waals surface area contributed by atoms with Crippen LogP contribution in [0.2, 0.25) is 0 Å². The van der Waals surface area contributed by atoms with Gasteiger partial charge in [0.2, 0.25) is 0 Å². The maximum absolute atomic E-state index is 4.59. The molecule has 0 amide bonds. The monoisotopic (exact) mass is 411 g/mol. The van der Waals surface area contributed by atoms with Gasteiger partial charge in [-0.05, 0) is 25.7 Å². The Morgan fingerprint density at radius 3 is 1.28 bits per heavy atom. The minimum atomic E-state index is 0.489. The smallest absolute Gasteiger partial charge is 0.138 e. The fraction of sp³-hybridized carbons (Fsp3) is 0.963. The summed E-state index contributed by atoms with van der Waals surface area (Å²) in [6.07, 6.45) is 22.6. The molecule has 29 heavy (non-hydrogen) atoms. The molecular formula is C27H59N2+2. The van der Waals surface area contributed by atoms with Gasteiger partial charge in [-0.15, -0.1) is 0 Å². The Hall–Kier alpha value is -0.0800. The second kappa shape index (κ2) is 17.6. The third-order valence-corrected chi connectivity index (χ3v) is 6.90. The summed E-state index contributed by atoms with van der Waals surface area (Å²) in [5.41, 5.74) is 0. The molecule has 1 unspecified atom stereocenters. The van der Waals surface area contributed by atoms with Gasteiger partial charge in [-0.2, -0.15) is 0 Å². The van der Waals surface area contributed by atoms with E-state index in [4.69, 9.17) is 0 Å². The molecule has 0 heterocycles. The van der Waals surface area contributed by atoms with Gasteiger partial charge in [0.1, 0.15) is 12.6 Å². The number of unbranched alkanes of at least 4 members (excludes halogenated alkanes) is 14. The SMILES string of the molecule is [CH2]C(C[N+](C)(C)CCCCCCCCCC)[N+](C)(C)CCCCCCCCCC.